The van der Waals surface area contributed by atoms with Crippen molar-refractivity contribution in [1.82, 2.24) is 24.6 Å². The summed E-state index contributed by atoms with van der Waals surface area (Å²) in [4.78, 5) is 31.5. The van der Waals surface area contributed by atoms with Gasteiger partial charge in [0, 0.05) is 36.1 Å². The summed E-state index contributed by atoms with van der Waals surface area (Å²) in [5.74, 6) is 0.809. The van der Waals surface area contributed by atoms with Crippen LogP contribution >= 0.6 is 0 Å². The molecule has 3 aromatic heterocycles. The number of aromatic nitrogens is 5. The Morgan fingerprint density at radius 1 is 1.38 bits per heavy atom. The van der Waals surface area contributed by atoms with Crippen LogP contribution in [-0.2, 0) is 6.42 Å². The summed E-state index contributed by atoms with van der Waals surface area (Å²) < 4.78 is 1.70. The second-order valence-electron chi connectivity index (χ2n) is 4.66. The van der Waals surface area contributed by atoms with E-state index in [-0.39, 0.29) is 5.56 Å². The Kier molecular flexibility index (Phi) is 3.27. The average Bonchev–Trinajstić information content (AvgIpc) is 2.89. The maximum atomic E-state index is 11.6. The van der Waals surface area contributed by atoms with Gasteiger partial charge in [0.05, 0.1) is 6.20 Å². The third kappa shape index (κ3) is 2.69. The second kappa shape index (κ2) is 5.23. The van der Waals surface area contributed by atoms with Crippen molar-refractivity contribution in [2.45, 2.75) is 13.3 Å². The third-order valence-electron chi connectivity index (χ3n) is 3.08. The Balaban J connectivity index is 1.76. The first-order chi connectivity index (χ1) is 10.1. The van der Waals surface area contributed by atoms with Gasteiger partial charge in [-0.2, -0.15) is 9.61 Å². The van der Waals surface area contributed by atoms with Gasteiger partial charge < -0.3 is 10.3 Å². The SMILES string of the molecule is Cc1cc(NCCc2c[nH]c(=O)[nH]c2=O)n2nccc2n1. The van der Waals surface area contributed by atoms with Crippen molar-refractivity contribution in [3.05, 3.63) is 56.6 Å². The molecule has 8 heteroatoms. The van der Waals surface area contributed by atoms with Gasteiger partial charge >= 0.3 is 5.69 Å². The van der Waals surface area contributed by atoms with E-state index in [1.165, 1.54) is 6.20 Å². The first-order valence-corrected chi connectivity index (χ1v) is 6.49. The molecule has 0 aliphatic heterocycles. The van der Waals surface area contributed by atoms with Crippen LogP contribution in [0.3, 0.4) is 0 Å². The Hall–Kier alpha value is -2.90. The molecule has 0 radical (unpaired) electrons. The lowest BCUT2D eigenvalue weighted by Crippen LogP contribution is -2.25. The summed E-state index contributed by atoms with van der Waals surface area (Å²) in [5.41, 5.74) is 1.30. The van der Waals surface area contributed by atoms with E-state index in [0.717, 1.165) is 17.2 Å². The molecular weight excluding hydrogens is 272 g/mol. The highest BCUT2D eigenvalue weighted by atomic mass is 16.2. The van der Waals surface area contributed by atoms with E-state index in [1.807, 2.05) is 19.1 Å². The Morgan fingerprint density at radius 3 is 3.05 bits per heavy atom. The third-order valence-corrected chi connectivity index (χ3v) is 3.08. The van der Waals surface area contributed by atoms with E-state index in [0.29, 0.717) is 18.5 Å². The highest BCUT2D eigenvalue weighted by Gasteiger charge is 2.05. The molecule has 0 saturated carbocycles. The number of nitrogens with zero attached hydrogens (tertiary/aromatic N) is 3. The van der Waals surface area contributed by atoms with Gasteiger partial charge in [-0.3, -0.25) is 9.78 Å². The fraction of sp³-hybridized carbons (Fsp3) is 0.231. The summed E-state index contributed by atoms with van der Waals surface area (Å²) >= 11 is 0. The average molecular weight is 286 g/mol. The number of aryl methyl sites for hydroxylation is 1. The van der Waals surface area contributed by atoms with E-state index < -0.39 is 5.69 Å². The fourth-order valence-electron chi connectivity index (χ4n) is 2.11. The summed E-state index contributed by atoms with van der Waals surface area (Å²) in [7, 11) is 0. The number of H-pyrrole nitrogens is 2. The molecule has 21 heavy (non-hydrogen) atoms. The summed E-state index contributed by atoms with van der Waals surface area (Å²) in [6.07, 6.45) is 3.60. The Labute approximate surface area is 118 Å². The molecule has 0 amide bonds. The summed E-state index contributed by atoms with van der Waals surface area (Å²) in [6, 6.07) is 3.71. The molecule has 0 fully saturated rings. The largest absolute Gasteiger partial charge is 0.370 e. The van der Waals surface area contributed by atoms with Crippen LogP contribution in [-0.4, -0.2) is 31.1 Å². The minimum Gasteiger partial charge on any atom is -0.370 e. The van der Waals surface area contributed by atoms with E-state index in [4.69, 9.17) is 0 Å². The molecule has 0 aliphatic rings. The van der Waals surface area contributed by atoms with Gasteiger partial charge in [-0.05, 0) is 13.3 Å². The van der Waals surface area contributed by atoms with Crippen LogP contribution in [0.5, 0.6) is 0 Å². The Bertz CT molecular complexity index is 891. The van der Waals surface area contributed by atoms with Crippen LogP contribution in [0.15, 0.2) is 34.1 Å². The molecule has 3 rings (SSSR count). The standard InChI is InChI=1S/C13H14N6O2/c1-8-6-11(19-10(17-8)3-5-16-19)14-4-2-9-7-15-13(21)18-12(9)20/h3,5-7,14H,2,4H2,1H3,(H2,15,18,20,21). The zero-order chi connectivity index (χ0) is 14.8. The van der Waals surface area contributed by atoms with E-state index in [9.17, 15) is 9.59 Å². The van der Waals surface area contributed by atoms with Gasteiger partial charge in [0.25, 0.3) is 5.56 Å². The maximum Gasteiger partial charge on any atom is 0.325 e. The molecule has 0 saturated heterocycles. The first kappa shape index (κ1) is 13.1. The monoisotopic (exact) mass is 286 g/mol. The number of hydrogen-bond donors (Lipinski definition) is 3. The normalized spacial score (nSPS) is 10.9. The van der Waals surface area contributed by atoms with Crippen molar-refractivity contribution in [1.29, 1.82) is 0 Å². The number of nitrogens with one attached hydrogen (secondary N) is 3. The topological polar surface area (TPSA) is 108 Å². The molecule has 0 unspecified atom stereocenters. The van der Waals surface area contributed by atoms with Crippen molar-refractivity contribution in [3.63, 3.8) is 0 Å². The number of anilines is 1. The number of aromatic amines is 2. The zero-order valence-electron chi connectivity index (χ0n) is 11.4. The van der Waals surface area contributed by atoms with Crippen LogP contribution in [0.4, 0.5) is 5.82 Å². The number of rotatable bonds is 4. The van der Waals surface area contributed by atoms with Gasteiger partial charge in [-0.1, -0.05) is 0 Å². The number of fused-ring (bicyclic) bond motifs is 1. The van der Waals surface area contributed by atoms with Gasteiger partial charge in [0.2, 0.25) is 0 Å². The predicted octanol–water partition coefficient (Wildman–Crippen LogP) is 0.0689. The minimum absolute atomic E-state index is 0.365. The maximum absolute atomic E-state index is 11.6. The van der Waals surface area contributed by atoms with Crippen LogP contribution in [0, 0.1) is 6.92 Å². The van der Waals surface area contributed by atoms with Crippen LogP contribution in [0.25, 0.3) is 5.65 Å². The smallest absolute Gasteiger partial charge is 0.325 e. The van der Waals surface area contributed by atoms with Crippen molar-refractivity contribution in [2.75, 3.05) is 11.9 Å². The van der Waals surface area contributed by atoms with Gasteiger partial charge in [-0.15, -0.1) is 0 Å². The number of hydrogen-bond acceptors (Lipinski definition) is 5. The Morgan fingerprint density at radius 2 is 2.24 bits per heavy atom. The van der Waals surface area contributed by atoms with Crippen molar-refractivity contribution >= 4 is 11.5 Å². The molecule has 8 nitrogen and oxygen atoms in total. The molecule has 0 atom stereocenters. The molecular formula is C13H14N6O2. The second-order valence-corrected chi connectivity index (χ2v) is 4.66. The molecule has 3 N–H and O–H groups in total. The highest BCUT2D eigenvalue weighted by Crippen LogP contribution is 2.11. The first-order valence-electron chi connectivity index (χ1n) is 6.49. The van der Waals surface area contributed by atoms with Crippen LogP contribution in [0.1, 0.15) is 11.3 Å². The van der Waals surface area contributed by atoms with Crippen molar-refractivity contribution < 1.29 is 0 Å². The summed E-state index contributed by atoms with van der Waals surface area (Å²) in [6.45, 7) is 2.44. The van der Waals surface area contributed by atoms with Gasteiger partial charge in [-0.25, -0.2) is 9.78 Å². The molecule has 3 aromatic rings. The minimum atomic E-state index is -0.500. The molecule has 3 heterocycles. The molecule has 0 aromatic carbocycles. The van der Waals surface area contributed by atoms with E-state index >= 15 is 0 Å². The van der Waals surface area contributed by atoms with Crippen LogP contribution in [0.2, 0.25) is 0 Å². The fourth-order valence-corrected chi connectivity index (χ4v) is 2.11. The predicted molar refractivity (Wildman–Crippen MR) is 77.6 cm³/mol. The van der Waals surface area contributed by atoms with E-state index in [2.05, 4.69) is 25.4 Å². The lowest BCUT2D eigenvalue weighted by Gasteiger charge is -2.08. The highest BCUT2D eigenvalue weighted by molar-refractivity contribution is 5.48. The lowest BCUT2D eigenvalue weighted by molar-refractivity contribution is 0.889. The summed E-state index contributed by atoms with van der Waals surface area (Å²) in [5, 5.41) is 7.41. The van der Waals surface area contributed by atoms with E-state index in [1.54, 1.807) is 10.7 Å². The van der Waals surface area contributed by atoms with Crippen molar-refractivity contribution in [2.24, 2.45) is 0 Å². The lowest BCUT2D eigenvalue weighted by atomic mass is 10.2. The van der Waals surface area contributed by atoms with Crippen LogP contribution < -0.4 is 16.6 Å². The van der Waals surface area contributed by atoms with Crippen molar-refractivity contribution in [3.8, 4) is 0 Å². The zero-order valence-corrected chi connectivity index (χ0v) is 11.4. The molecule has 0 bridgehead atoms. The molecule has 0 spiro atoms. The van der Waals surface area contributed by atoms with Gasteiger partial charge in [0.15, 0.2) is 5.65 Å². The van der Waals surface area contributed by atoms with Gasteiger partial charge in [0.1, 0.15) is 5.82 Å². The molecule has 108 valence electrons. The quantitative estimate of drug-likeness (QED) is 0.629. The molecule has 0 aliphatic carbocycles.